The smallest absolute Gasteiger partial charge is 0.227 e. The number of methoxy groups -OCH3 is 1. The van der Waals surface area contributed by atoms with Gasteiger partial charge in [0.15, 0.2) is 11.0 Å². The molecule has 6 nitrogen and oxygen atoms in total. The summed E-state index contributed by atoms with van der Waals surface area (Å²) >= 11 is 5.81. The summed E-state index contributed by atoms with van der Waals surface area (Å²) in [6.45, 7) is 2.12. The van der Waals surface area contributed by atoms with Gasteiger partial charge in [0.2, 0.25) is 5.91 Å². The van der Waals surface area contributed by atoms with Gasteiger partial charge < -0.3 is 14.5 Å². The van der Waals surface area contributed by atoms with Crippen LogP contribution < -0.4 is 9.64 Å². The molecule has 1 amide bonds. The van der Waals surface area contributed by atoms with Gasteiger partial charge in [0.1, 0.15) is 5.75 Å². The Kier molecular flexibility index (Phi) is 5.93. The molecule has 7 heteroatoms. The van der Waals surface area contributed by atoms with Crippen molar-refractivity contribution in [3.05, 3.63) is 47.1 Å². The minimum Gasteiger partial charge on any atom is -0.497 e. The number of hydrogen-bond acceptors (Lipinski definition) is 5. The molecule has 0 N–H and O–H groups in total. The fourth-order valence-corrected chi connectivity index (χ4v) is 3.36. The lowest BCUT2D eigenvalue weighted by molar-refractivity contribution is -0.135. The van der Waals surface area contributed by atoms with Crippen molar-refractivity contribution in [3.63, 3.8) is 0 Å². The molecule has 1 atom stereocenters. The lowest BCUT2D eigenvalue weighted by Gasteiger charge is -2.34. The Morgan fingerprint density at radius 2 is 2.04 bits per heavy atom. The first kappa shape index (κ1) is 18.5. The quantitative estimate of drug-likeness (QED) is 0.805. The molecular formula is C19H23ClN4O2. The lowest BCUT2D eigenvalue weighted by Crippen LogP contribution is -2.43. The highest BCUT2D eigenvalue weighted by Crippen LogP contribution is 2.23. The number of hydrogen-bond donors (Lipinski definition) is 0. The molecule has 0 aliphatic carbocycles. The average Bonchev–Trinajstić information content (AvgIpc) is 2.68. The van der Waals surface area contributed by atoms with Crippen molar-refractivity contribution in [2.24, 2.45) is 5.92 Å². The zero-order valence-corrected chi connectivity index (χ0v) is 15.8. The van der Waals surface area contributed by atoms with E-state index in [1.165, 1.54) is 0 Å². The SMILES string of the molecule is COc1ccc(CN(C)C(=O)C2CCCN(c3ccc(Cl)nn3)C2)cc1. The van der Waals surface area contributed by atoms with Crippen LogP contribution in [0.2, 0.25) is 5.15 Å². The summed E-state index contributed by atoms with van der Waals surface area (Å²) in [7, 11) is 3.50. The van der Waals surface area contributed by atoms with E-state index in [1.54, 1.807) is 18.1 Å². The van der Waals surface area contributed by atoms with Crippen LogP contribution in [0.25, 0.3) is 0 Å². The summed E-state index contributed by atoms with van der Waals surface area (Å²) in [5.41, 5.74) is 1.08. The molecule has 3 rings (SSSR count). The number of amides is 1. The van der Waals surface area contributed by atoms with E-state index < -0.39 is 0 Å². The van der Waals surface area contributed by atoms with Gasteiger partial charge in [-0.05, 0) is 42.7 Å². The number of piperidine rings is 1. The fourth-order valence-electron chi connectivity index (χ4n) is 3.26. The summed E-state index contributed by atoms with van der Waals surface area (Å²) in [4.78, 5) is 16.8. The normalized spacial score (nSPS) is 17.0. The van der Waals surface area contributed by atoms with Crippen molar-refractivity contribution in [3.8, 4) is 5.75 Å². The Labute approximate surface area is 158 Å². The van der Waals surface area contributed by atoms with Crippen LogP contribution in [0.15, 0.2) is 36.4 Å². The molecule has 26 heavy (non-hydrogen) atoms. The Bertz CT molecular complexity index is 736. The molecule has 0 bridgehead atoms. The number of rotatable bonds is 5. The first-order valence-corrected chi connectivity index (χ1v) is 9.06. The number of nitrogens with zero attached hydrogens (tertiary/aromatic N) is 4. The van der Waals surface area contributed by atoms with E-state index in [0.29, 0.717) is 18.2 Å². The van der Waals surface area contributed by atoms with Crippen LogP contribution >= 0.6 is 11.6 Å². The van der Waals surface area contributed by atoms with Crippen molar-refractivity contribution in [2.75, 3.05) is 32.1 Å². The van der Waals surface area contributed by atoms with Crippen molar-refractivity contribution in [2.45, 2.75) is 19.4 Å². The third-order valence-corrected chi connectivity index (χ3v) is 4.87. The Morgan fingerprint density at radius 3 is 2.69 bits per heavy atom. The van der Waals surface area contributed by atoms with Crippen LogP contribution in [-0.2, 0) is 11.3 Å². The average molecular weight is 375 g/mol. The van der Waals surface area contributed by atoms with Gasteiger partial charge in [0.25, 0.3) is 0 Å². The molecule has 1 fully saturated rings. The summed E-state index contributed by atoms with van der Waals surface area (Å²) in [6, 6.07) is 11.4. The molecule has 0 saturated carbocycles. The Hall–Kier alpha value is -2.34. The van der Waals surface area contributed by atoms with Crippen molar-refractivity contribution < 1.29 is 9.53 Å². The monoisotopic (exact) mass is 374 g/mol. The Balaban J connectivity index is 1.61. The minimum atomic E-state index is -0.0375. The number of aromatic nitrogens is 2. The van der Waals surface area contributed by atoms with Gasteiger partial charge in [0.05, 0.1) is 13.0 Å². The van der Waals surface area contributed by atoms with Crippen LogP contribution in [0.4, 0.5) is 5.82 Å². The van der Waals surface area contributed by atoms with E-state index in [2.05, 4.69) is 15.1 Å². The molecule has 1 aliphatic rings. The van der Waals surface area contributed by atoms with Crippen LogP contribution in [0, 0.1) is 5.92 Å². The van der Waals surface area contributed by atoms with Gasteiger partial charge in [-0.3, -0.25) is 4.79 Å². The zero-order valence-electron chi connectivity index (χ0n) is 15.1. The van der Waals surface area contributed by atoms with Gasteiger partial charge >= 0.3 is 0 Å². The molecule has 1 aliphatic heterocycles. The third-order valence-electron chi connectivity index (χ3n) is 4.67. The van der Waals surface area contributed by atoms with Crippen LogP contribution in [0.5, 0.6) is 5.75 Å². The van der Waals surface area contributed by atoms with Crippen molar-refractivity contribution in [1.29, 1.82) is 0 Å². The van der Waals surface area contributed by atoms with E-state index in [-0.39, 0.29) is 11.8 Å². The van der Waals surface area contributed by atoms with Gasteiger partial charge in [-0.25, -0.2) is 0 Å². The molecular weight excluding hydrogens is 352 g/mol. The lowest BCUT2D eigenvalue weighted by atomic mass is 9.96. The highest BCUT2D eigenvalue weighted by Gasteiger charge is 2.28. The molecule has 1 saturated heterocycles. The van der Waals surface area contributed by atoms with Crippen molar-refractivity contribution >= 4 is 23.3 Å². The number of anilines is 1. The van der Waals surface area contributed by atoms with Crippen LogP contribution in [0.3, 0.4) is 0 Å². The number of carbonyl (C=O) groups excluding carboxylic acids is 1. The molecule has 1 aromatic heterocycles. The summed E-state index contributed by atoms with van der Waals surface area (Å²) in [5, 5.41) is 8.40. The maximum Gasteiger partial charge on any atom is 0.227 e. The van der Waals surface area contributed by atoms with E-state index in [9.17, 15) is 4.79 Å². The number of halogens is 1. The van der Waals surface area contributed by atoms with E-state index in [0.717, 1.165) is 36.5 Å². The van der Waals surface area contributed by atoms with E-state index in [4.69, 9.17) is 16.3 Å². The van der Waals surface area contributed by atoms with E-state index >= 15 is 0 Å². The molecule has 1 aromatic carbocycles. The molecule has 0 spiro atoms. The summed E-state index contributed by atoms with van der Waals surface area (Å²) < 4.78 is 5.17. The van der Waals surface area contributed by atoms with Gasteiger partial charge in [-0.1, -0.05) is 23.7 Å². The van der Waals surface area contributed by atoms with Gasteiger partial charge in [-0.15, -0.1) is 10.2 Å². The van der Waals surface area contributed by atoms with Gasteiger partial charge in [-0.2, -0.15) is 0 Å². The largest absolute Gasteiger partial charge is 0.497 e. The highest BCUT2D eigenvalue weighted by molar-refractivity contribution is 6.29. The number of ether oxygens (including phenoxy) is 1. The zero-order chi connectivity index (χ0) is 18.5. The summed E-state index contributed by atoms with van der Waals surface area (Å²) in [5.74, 6) is 1.70. The first-order valence-electron chi connectivity index (χ1n) is 8.69. The summed E-state index contributed by atoms with van der Waals surface area (Å²) in [6.07, 6.45) is 1.85. The van der Waals surface area contributed by atoms with Crippen LogP contribution in [0.1, 0.15) is 18.4 Å². The second-order valence-electron chi connectivity index (χ2n) is 6.54. The number of benzene rings is 1. The highest BCUT2D eigenvalue weighted by atomic mass is 35.5. The molecule has 0 radical (unpaired) electrons. The van der Waals surface area contributed by atoms with Crippen molar-refractivity contribution in [1.82, 2.24) is 15.1 Å². The molecule has 1 unspecified atom stereocenters. The third kappa shape index (κ3) is 4.43. The molecule has 138 valence electrons. The fraction of sp³-hybridized carbons (Fsp3) is 0.421. The topological polar surface area (TPSA) is 58.6 Å². The van der Waals surface area contributed by atoms with E-state index in [1.807, 2.05) is 37.4 Å². The first-order chi connectivity index (χ1) is 12.6. The maximum absolute atomic E-state index is 12.9. The standard InChI is InChI=1S/C19H23ClN4O2/c1-23(12-14-5-7-16(26-2)8-6-14)19(25)15-4-3-11-24(13-15)18-10-9-17(20)21-22-18/h5-10,15H,3-4,11-13H2,1-2H3. The Morgan fingerprint density at radius 1 is 1.27 bits per heavy atom. The van der Waals surface area contributed by atoms with Gasteiger partial charge in [0, 0.05) is 26.7 Å². The second kappa shape index (κ2) is 8.36. The maximum atomic E-state index is 12.9. The second-order valence-corrected chi connectivity index (χ2v) is 6.93. The predicted molar refractivity (Wildman–Crippen MR) is 101 cm³/mol. The molecule has 2 aromatic rings. The number of carbonyl (C=O) groups is 1. The minimum absolute atomic E-state index is 0.0375. The molecule has 2 heterocycles. The van der Waals surface area contributed by atoms with Crippen LogP contribution in [-0.4, -0.2) is 48.3 Å². The predicted octanol–water partition coefficient (Wildman–Crippen LogP) is 3.01.